The van der Waals surface area contributed by atoms with Crippen molar-refractivity contribution in [3.8, 4) is 11.5 Å². The maximum absolute atomic E-state index is 13.8. The van der Waals surface area contributed by atoms with Crippen LogP contribution in [-0.4, -0.2) is 39.5 Å². The van der Waals surface area contributed by atoms with Gasteiger partial charge in [0, 0.05) is 23.1 Å². The molecule has 154 valence electrons. The molecule has 1 aliphatic heterocycles. The Labute approximate surface area is 180 Å². The summed E-state index contributed by atoms with van der Waals surface area (Å²) in [7, 11) is 0. The lowest BCUT2D eigenvalue weighted by Crippen LogP contribution is -2.12. The Kier molecular flexibility index (Phi) is 5.99. The molecule has 2 aromatic heterocycles. The number of nitrogens with two attached hydrogens (primary N) is 1. The van der Waals surface area contributed by atoms with Crippen molar-refractivity contribution < 1.29 is 18.6 Å². The molecule has 0 saturated carbocycles. The van der Waals surface area contributed by atoms with Crippen LogP contribution < -0.4 is 15.2 Å². The van der Waals surface area contributed by atoms with Crippen LogP contribution in [0.5, 0.6) is 11.5 Å². The van der Waals surface area contributed by atoms with Gasteiger partial charge < -0.3 is 24.5 Å². The molecule has 0 fully saturated rings. The molecule has 0 spiro atoms. The molecule has 3 aromatic rings. The van der Waals surface area contributed by atoms with Crippen molar-refractivity contribution >= 4 is 39.6 Å². The van der Waals surface area contributed by atoms with Crippen LogP contribution in [0.4, 0.5) is 10.2 Å². The molecule has 0 aliphatic carbocycles. The summed E-state index contributed by atoms with van der Waals surface area (Å²) in [6, 6.07) is 3.88. The number of ether oxygens (including phenoxy) is 3. The Morgan fingerprint density at radius 1 is 1.21 bits per heavy atom. The summed E-state index contributed by atoms with van der Waals surface area (Å²) in [6.45, 7) is 3.98. The first-order valence-corrected chi connectivity index (χ1v) is 10.5. The number of hydrogen-bond donors (Lipinski definition) is 1. The van der Waals surface area contributed by atoms with Gasteiger partial charge in [-0.15, -0.1) is 0 Å². The predicted molar refractivity (Wildman–Crippen MR) is 114 cm³/mol. The van der Waals surface area contributed by atoms with Crippen molar-refractivity contribution in [2.75, 3.05) is 25.7 Å². The Morgan fingerprint density at radius 2 is 2.00 bits per heavy atom. The number of fused-ring (bicyclic) bond motifs is 2. The molecular formula is C19H21FIN5O3. The van der Waals surface area contributed by atoms with Crippen LogP contribution in [0.3, 0.4) is 0 Å². The number of halogens is 2. The Balaban J connectivity index is 1.67. The lowest BCUT2D eigenvalue weighted by Gasteiger charge is -2.11. The summed E-state index contributed by atoms with van der Waals surface area (Å²) in [6.07, 6.45) is 1.70. The molecule has 2 N–H and O–H groups in total. The van der Waals surface area contributed by atoms with E-state index in [1.807, 2.05) is 16.7 Å². The lowest BCUT2D eigenvalue weighted by molar-refractivity contribution is 0.123. The molecule has 0 amide bonds. The molecule has 29 heavy (non-hydrogen) atoms. The number of anilines is 1. The topological polar surface area (TPSA) is 97.3 Å². The average Bonchev–Trinajstić information content (AvgIpc) is 3.26. The van der Waals surface area contributed by atoms with Crippen LogP contribution in [0.25, 0.3) is 11.2 Å². The SMILES string of the molecule is CCCCOCCn1c(Cc2cc3c(cc2I)OCO3)nc2c(N)nc(F)nc21. The van der Waals surface area contributed by atoms with Gasteiger partial charge in [0.2, 0.25) is 6.79 Å². The summed E-state index contributed by atoms with van der Waals surface area (Å²) in [5.41, 5.74) is 7.68. The van der Waals surface area contributed by atoms with E-state index in [1.54, 1.807) is 0 Å². The molecule has 1 aromatic carbocycles. The monoisotopic (exact) mass is 513 g/mol. The third-order valence-corrected chi connectivity index (χ3v) is 5.67. The van der Waals surface area contributed by atoms with E-state index in [9.17, 15) is 4.39 Å². The summed E-state index contributed by atoms with van der Waals surface area (Å²) < 4.78 is 33.3. The van der Waals surface area contributed by atoms with E-state index in [4.69, 9.17) is 19.9 Å². The molecule has 4 rings (SSSR count). The van der Waals surface area contributed by atoms with E-state index >= 15 is 0 Å². The molecule has 0 bridgehead atoms. The second-order valence-electron chi connectivity index (χ2n) is 6.67. The third kappa shape index (κ3) is 4.22. The van der Waals surface area contributed by atoms with Gasteiger partial charge >= 0.3 is 6.08 Å². The minimum absolute atomic E-state index is 0.0276. The van der Waals surface area contributed by atoms with Crippen LogP contribution in [0, 0.1) is 9.65 Å². The van der Waals surface area contributed by atoms with Crippen molar-refractivity contribution in [2.24, 2.45) is 0 Å². The summed E-state index contributed by atoms with van der Waals surface area (Å²) in [5.74, 6) is 2.17. The van der Waals surface area contributed by atoms with Crippen LogP contribution in [0.2, 0.25) is 0 Å². The number of imidazole rings is 1. The summed E-state index contributed by atoms with van der Waals surface area (Å²) in [5, 5.41) is 0. The molecule has 3 heterocycles. The van der Waals surface area contributed by atoms with Gasteiger partial charge in [-0.2, -0.15) is 14.4 Å². The smallest absolute Gasteiger partial charge is 0.312 e. The number of nitrogen functional groups attached to an aromatic ring is 1. The molecule has 0 saturated heterocycles. The zero-order chi connectivity index (χ0) is 20.4. The fourth-order valence-corrected chi connectivity index (χ4v) is 3.81. The number of rotatable bonds is 8. The molecular weight excluding hydrogens is 492 g/mol. The first-order chi connectivity index (χ1) is 14.1. The van der Waals surface area contributed by atoms with Gasteiger partial charge in [0.1, 0.15) is 5.82 Å². The third-order valence-electron chi connectivity index (χ3n) is 4.67. The Morgan fingerprint density at radius 3 is 2.79 bits per heavy atom. The van der Waals surface area contributed by atoms with Crippen LogP contribution in [0.15, 0.2) is 12.1 Å². The number of nitrogens with zero attached hydrogens (tertiary/aromatic N) is 4. The second kappa shape index (κ2) is 8.66. The second-order valence-corrected chi connectivity index (χ2v) is 7.83. The van der Waals surface area contributed by atoms with Gasteiger partial charge in [-0.1, -0.05) is 13.3 Å². The summed E-state index contributed by atoms with van der Waals surface area (Å²) in [4.78, 5) is 12.2. The van der Waals surface area contributed by atoms with Crippen LogP contribution in [0.1, 0.15) is 31.2 Å². The molecule has 0 atom stereocenters. The van der Waals surface area contributed by atoms with E-state index in [2.05, 4.69) is 44.5 Å². The van der Waals surface area contributed by atoms with E-state index in [0.29, 0.717) is 48.9 Å². The van der Waals surface area contributed by atoms with E-state index in [-0.39, 0.29) is 12.6 Å². The van der Waals surface area contributed by atoms with Gasteiger partial charge in [0.05, 0.1) is 6.61 Å². The molecule has 10 heteroatoms. The maximum Gasteiger partial charge on any atom is 0.312 e. The zero-order valence-corrected chi connectivity index (χ0v) is 18.1. The number of unbranched alkanes of at least 4 members (excludes halogenated alkanes) is 1. The molecule has 1 aliphatic rings. The maximum atomic E-state index is 13.8. The van der Waals surface area contributed by atoms with Crippen molar-refractivity contribution in [1.29, 1.82) is 0 Å². The van der Waals surface area contributed by atoms with Crippen molar-refractivity contribution in [2.45, 2.75) is 32.7 Å². The molecule has 8 nitrogen and oxygen atoms in total. The van der Waals surface area contributed by atoms with Crippen molar-refractivity contribution in [3.63, 3.8) is 0 Å². The van der Waals surface area contributed by atoms with Crippen molar-refractivity contribution in [3.05, 3.63) is 33.2 Å². The first-order valence-electron chi connectivity index (χ1n) is 9.40. The van der Waals surface area contributed by atoms with E-state index < -0.39 is 6.08 Å². The van der Waals surface area contributed by atoms with E-state index in [1.165, 1.54) is 0 Å². The highest BCUT2D eigenvalue weighted by molar-refractivity contribution is 14.1. The standard InChI is InChI=1S/C19H21FIN5O3/c1-2-3-5-27-6-4-26-15(23-16-17(22)24-19(20)25-18(16)26)8-11-7-13-14(9-12(11)21)29-10-28-13/h7,9H,2-6,8,10H2,1H3,(H2,22,24,25). The average molecular weight is 513 g/mol. The largest absolute Gasteiger partial charge is 0.454 e. The van der Waals surface area contributed by atoms with Gasteiger partial charge in [0.25, 0.3) is 0 Å². The fraction of sp³-hybridized carbons (Fsp3) is 0.421. The van der Waals surface area contributed by atoms with Gasteiger partial charge in [0.15, 0.2) is 28.5 Å². The Hall–Kier alpha value is -2.21. The fourth-order valence-electron chi connectivity index (χ4n) is 3.18. The lowest BCUT2D eigenvalue weighted by atomic mass is 10.1. The minimum Gasteiger partial charge on any atom is -0.454 e. The van der Waals surface area contributed by atoms with Crippen LogP contribution >= 0.6 is 22.6 Å². The van der Waals surface area contributed by atoms with Gasteiger partial charge in [-0.3, -0.25) is 0 Å². The highest BCUT2D eigenvalue weighted by atomic mass is 127. The van der Waals surface area contributed by atoms with Gasteiger partial charge in [-0.25, -0.2) is 4.98 Å². The zero-order valence-electron chi connectivity index (χ0n) is 16.0. The van der Waals surface area contributed by atoms with Crippen LogP contribution in [-0.2, 0) is 17.7 Å². The van der Waals surface area contributed by atoms with Crippen molar-refractivity contribution in [1.82, 2.24) is 19.5 Å². The van der Waals surface area contributed by atoms with Gasteiger partial charge in [-0.05, 0) is 46.7 Å². The highest BCUT2D eigenvalue weighted by Crippen LogP contribution is 2.36. The Bertz CT molecular complexity index is 1040. The molecule has 0 unspecified atom stereocenters. The number of benzene rings is 1. The summed E-state index contributed by atoms with van der Waals surface area (Å²) >= 11 is 2.26. The number of hydrogen-bond acceptors (Lipinski definition) is 7. The minimum atomic E-state index is -0.868. The molecule has 0 radical (unpaired) electrons. The predicted octanol–water partition coefficient (Wildman–Crippen LogP) is 3.29. The quantitative estimate of drug-likeness (QED) is 0.281. The van der Waals surface area contributed by atoms with E-state index in [0.717, 1.165) is 27.7 Å². The normalized spacial score (nSPS) is 12.8. The first kappa shape index (κ1) is 20.1. The number of aromatic nitrogens is 4. The highest BCUT2D eigenvalue weighted by Gasteiger charge is 2.20.